The van der Waals surface area contributed by atoms with E-state index in [1.807, 2.05) is 24.3 Å². The molecule has 0 aromatic heterocycles. The molecule has 26 heavy (non-hydrogen) atoms. The highest BCUT2D eigenvalue weighted by Crippen LogP contribution is 2.25. The molecule has 0 saturated carbocycles. The molecule has 4 nitrogen and oxygen atoms in total. The van der Waals surface area contributed by atoms with Crippen molar-refractivity contribution in [3.8, 4) is 0 Å². The van der Waals surface area contributed by atoms with Gasteiger partial charge in [0.1, 0.15) is 12.4 Å². The molecule has 0 fully saturated rings. The largest absolute Gasteiger partial charge is 0.350 e. The van der Waals surface area contributed by atoms with Gasteiger partial charge in [0.25, 0.3) is 0 Å². The first-order valence-corrected chi connectivity index (χ1v) is 8.56. The number of rotatable bonds is 5. The lowest BCUT2D eigenvalue weighted by Gasteiger charge is -2.23. The summed E-state index contributed by atoms with van der Waals surface area (Å²) < 4.78 is 12.9. The van der Waals surface area contributed by atoms with Crippen LogP contribution >= 0.6 is 0 Å². The van der Waals surface area contributed by atoms with Gasteiger partial charge in [-0.25, -0.2) is 4.39 Å². The van der Waals surface area contributed by atoms with Crippen LogP contribution in [0.3, 0.4) is 0 Å². The van der Waals surface area contributed by atoms with E-state index in [4.69, 9.17) is 0 Å². The molecule has 0 unspecified atom stereocenters. The van der Waals surface area contributed by atoms with Gasteiger partial charge in [0, 0.05) is 19.2 Å². The third-order valence-electron chi connectivity index (χ3n) is 4.13. The lowest BCUT2D eigenvalue weighted by atomic mass is 9.87. The van der Waals surface area contributed by atoms with Gasteiger partial charge in [-0.2, -0.15) is 0 Å². The quantitative estimate of drug-likeness (QED) is 0.886. The summed E-state index contributed by atoms with van der Waals surface area (Å²) in [5.74, 6) is -0.795. The number of nitrogens with one attached hydrogen (secondary N) is 1. The number of carbonyl (C=O) groups excluding carboxylic acids is 2. The van der Waals surface area contributed by atoms with Crippen molar-refractivity contribution in [3.05, 3.63) is 65.5 Å². The van der Waals surface area contributed by atoms with Crippen LogP contribution in [0.5, 0.6) is 0 Å². The first kappa shape index (κ1) is 19.6. The number of amides is 2. The van der Waals surface area contributed by atoms with E-state index in [0.29, 0.717) is 5.69 Å². The summed E-state index contributed by atoms with van der Waals surface area (Å²) >= 11 is 0. The Morgan fingerprint density at radius 1 is 1.00 bits per heavy atom. The molecule has 0 aliphatic rings. The third kappa shape index (κ3) is 5.41. The fraction of sp³-hybridized carbons (Fsp3) is 0.333. The van der Waals surface area contributed by atoms with Crippen LogP contribution in [-0.2, 0) is 21.5 Å². The second kappa shape index (κ2) is 8.13. The molecule has 2 aromatic carbocycles. The summed E-state index contributed by atoms with van der Waals surface area (Å²) in [5.41, 5.74) is 2.66. The first-order valence-electron chi connectivity index (χ1n) is 8.56. The molecular weight excluding hydrogens is 331 g/mol. The van der Waals surface area contributed by atoms with Crippen molar-refractivity contribution in [2.24, 2.45) is 0 Å². The lowest BCUT2D eigenvalue weighted by Crippen LogP contribution is -2.39. The molecule has 1 N–H and O–H groups in total. The van der Waals surface area contributed by atoms with Crippen molar-refractivity contribution < 1.29 is 14.0 Å². The van der Waals surface area contributed by atoms with Gasteiger partial charge in [-0.15, -0.1) is 0 Å². The van der Waals surface area contributed by atoms with Crippen molar-refractivity contribution in [2.75, 3.05) is 11.4 Å². The van der Waals surface area contributed by atoms with E-state index in [1.54, 1.807) is 12.1 Å². The van der Waals surface area contributed by atoms with Crippen molar-refractivity contribution in [3.63, 3.8) is 0 Å². The number of hydrogen-bond donors (Lipinski definition) is 1. The van der Waals surface area contributed by atoms with Crippen molar-refractivity contribution >= 4 is 17.5 Å². The smallest absolute Gasteiger partial charge is 0.240 e. The van der Waals surface area contributed by atoms with Gasteiger partial charge >= 0.3 is 0 Å². The van der Waals surface area contributed by atoms with E-state index in [1.165, 1.54) is 24.0 Å². The summed E-state index contributed by atoms with van der Waals surface area (Å²) in [5, 5.41) is 2.75. The van der Waals surface area contributed by atoms with Crippen LogP contribution in [-0.4, -0.2) is 18.4 Å². The van der Waals surface area contributed by atoms with Crippen LogP contribution < -0.4 is 10.2 Å². The van der Waals surface area contributed by atoms with Crippen LogP contribution in [0.15, 0.2) is 48.5 Å². The number of carbonyl (C=O) groups is 2. The normalized spacial score (nSPS) is 11.1. The molecule has 0 spiro atoms. The molecule has 138 valence electrons. The Balaban J connectivity index is 2.02. The molecule has 0 bridgehead atoms. The lowest BCUT2D eigenvalue weighted by molar-refractivity contribution is -0.123. The van der Waals surface area contributed by atoms with E-state index < -0.39 is 0 Å². The maximum Gasteiger partial charge on any atom is 0.240 e. The first-order chi connectivity index (χ1) is 12.2. The highest BCUT2D eigenvalue weighted by Gasteiger charge is 2.18. The minimum Gasteiger partial charge on any atom is -0.350 e. The van der Waals surface area contributed by atoms with Crippen molar-refractivity contribution in [1.29, 1.82) is 0 Å². The van der Waals surface area contributed by atoms with E-state index in [9.17, 15) is 14.0 Å². The fourth-order valence-electron chi connectivity index (χ4n) is 2.53. The standard InChI is InChI=1S/C21H25FN2O2/c1-15(25)24(19-11-7-17(8-12-19)21(2,3)4)14-20(26)23-13-16-5-9-18(22)10-6-16/h5-12H,13-14H2,1-4H3,(H,23,26). The summed E-state index contributed by atoms with van der Waals surface area (Å²) in [7, 11) is 0. The number of halogens is 1. The maximum atomic E-state index is 12.9. The summed E-state index contributed by atoms with van der Waals surface area (Å²) in [6.45, 7) is 8.01. The summed E-state index contributed by atoms with van der Waals surface area (Å²) in [4.78, 5) is 25.6. The van der Waals surface area contributed by atoms with Gasteiger partial charge in [-0.05, 0) is 40.8 Å². The van der Waals surface area contributed by atoms with E-state index in [2.05, 4.69) is 26.1 Å². The summed E-state index contributed by atoms with van der Waals surface area (Å²) in [6.07, 6.45) is 0. The third-order valence-corrected chi connectivity index (χ3v) is 4.13. The molecule has 0 heterocycles. The van der Waals surface area contributed by atoms with Gasteiger partial charge in [-0.3, -0.25) is 9.59 Å². The minimum absolute atomic E-state index is 0.0200. The average Bonchev–Trinajstić information content (AvgIpc) is 2.58. The van der Waals surface area contributed by atoms with E-state index >= 15 is 0 Å². The SMILES string of the molecule is CC(=O)N(CC(=O)NCc1ccc(F)cc1)c1ccc(C(C)(C)C)cc1. The molecule has 0 aliphatic carbocycles. The van der Waals surface area contributed by atoms with Gasteiger partial charge < -0.3 is 10.2 Å². The van der Waals surface area contributed by atoms with E-state index in [-0.39, 0.29) is 36.1 Å². The molecular formula is C21H25FN2O2. The average molecular weight is 356 g/mol. The number of hydrogen-bond acceptors (Lipinski definition) is 2. The number of benzene rings is 2. The highest BCUT2D eigenvalue weighted by molar-refractivity contribution is 5.97. The second-order valence-corrected chi connectivity index (χ2v) is 7.31. The minimum atomic E-state index is -0.318. The zero-order valence-corrected chi connectivity index (χ0v) is 15.7. The molecule has 5 heteroatoms. The van der Waals surface area contributed by atoms with E-state index in [0.717, 1.165) is 11.1 Å². The second-order valence-electron chi connectivity index (χ2n) is 7.31. The van der Waals surface area contributed by atoms with Gasteiger partial charge in [-0.1, -0.05) is 45.0 Å². The predicted molar refractivity (Wildman–Crippen MR) is 101 cm³/mol. The number of anilines is 1. The monoisotopic (exact) mass is 356 g/mol. The molecule has 2 aromatic rings. The zero-order valence-electron chi connectivity index (χ0n) is 15.7. The fourth-order valence-corrected chi connectivity index (χ4v) is 2.53. The van der Waals surface area contributed by atoms with Gasteiger partial charge in [0.15, 0.2) is 0 Å². The van der Waals surface area contributed by atoms with Crippen LogP contribution in [0, 0.1) is 5.82 Å². The predicted octanol–water partition coefficient (Wildman–Crippen LogP) is 3.79. The molecule has 0 aliphatic heterocycles. The Labute approximate surface area is 154 Å². The van der Waals surface area contributed by atoms with Crippen LogP contribution in [0.1, 0.15) is 38.8 Å². The molecule has 0 radical (unpaired) electrons. The Bertz CT molecular complexity index is 762. The molecule has 2 amide bonds. The zero-order chi connectivity index (χ0) is 19.3. The van der Waals surface area contributed by atoms with Crippen LogP contribution in [0.2, 0.25) is 0 Å². The van der Waals surface area contributed by atoms with Crippen molar-refractivity contribution in [2.45, 2.75) is 39.7 Å². The van der Waals surface area contributed by atoms with Crippen LogP contribution in [0.25, 0.3) is 0 Å². The Kier molecular flexibility index (Phi) is 6.14. The van der Waals surface area contributed by atoms with Gasteiger partial charge in [0.2, 0.25) is 11.8 Å². The Hall–Kier alpha value is -2.69. The van der Waals surface area contributed by atoms with Gasteiger partial charge in [0.05, 0.1) is 0 Å². The Morgan fingerprint density at radius 3 is 2.08 bits per heavy atom. The topological polar surface area (TPSA) is 49.4 Å². The highest BCUT2D eigenvalue weighted by atomic mass is 19.1. The Morgan fingerprint density at radius 2 is 1.58 bits per heavy atom. The molecule has 2 rings (SSSR count). The molecule has 0 atom stereocenters. The molecule has 0 saturated heterocycles. The van der Waals surface area contributed by atoms with Crippen molar-refractivity contribution in [1.82, 2.24) is 5.32 Å². The summed E-state index contributed by atoms with van der Waals surface area (Å²) in [6, 6.07) is 13.6. The van der Waals surface area contributed by atoms with Crippen LogP contribution in [0.4, 0.5) is 10.1 Å². The maximum absolute atomic E-state index is 12.9. The number of nitrogens with zero attached hydrogens (tertiary/aromatic N) is 1.